The number of nitrogens with one attached hydrogen (secondary N) is 1. The molecular formula is C16H16ClF2N. The van der Waals surface area contributed by atoms with Gasteiger partial charge in [-0.2, -0.15) is 0 Å². The van der Waals surface area contributed by atoms with E-state index in [1.807, 2.05) is 25.2 Å². The lowest BCUT2D eigenvalue weighted by atomic mass is 9.91. The lowest BCUT2D eigenvalue weighted by molar-refractivity contribution is 0.529. The van der Waals surface area contributed by atoms with Crippen LogP contribution in [0.5, 0.6) is 0 Å². The van der Waals surface area contributed by atoms with Crippen LogP contribution in [-0.2, 0) is 6.42 Å². The Balaban J connectivity index is 2.30. The third-order valence-electron chi connectivity index (χ3n) is 3.28. The molecule has 20 heavy (non-hydrogen) atoms. The van der Waals surface area contributed by atoms with Crippen molar-refractivity contribution in [1.29, 1.82) is 0 Å². The number of hydrogen-bond acceptors (Lipinski definition) is 1. The molecule has 0 saturated heterocycles. The Morgan fingerprint density at radius 1 is 1.10 bits per heavy atom. The van der Waals surface area contributed by atoms with Crippen molar-refractivity contribution in [2.75, 3.05) is 13.6 Å². The molecular weight excluding hydrogens is 280 g/mol. The summed E-state index contributed by atoms with van der Waals surface area (Å²) >= 11 is 5.99. The number of rotatable bonds is 5. The highest BCUT2D eigenvalue weighted by Gasteiger charge is 2.17. The summed E-state index contributed by atoms with van der Waals surface area (Å²) in [6.07, 6.45) is 0.291. The summed E-state index contributed by atoms with van der Waals surface area (Å²) in [5.41, 5.74) is 1.09. The van der Waals surface area contributed by atoms with E-state index in [2.05, 4.69) is 5.32 Å². The van der Waals surface area contributed by atoms with E-state index in [1.54, 1.807) is 6.07 Å². The highest BCUT2D eigenvalue weighted by atomic mass is 35.5. The average molecular weight is 296 g/mol. The molecule has 0 saturated carbocycles. The fraction of sp³-hybridized carbons (Fsp3) is 0.250. The van der Waals surface area contributed by atoms with Crippen LogP contribution in [0.2, 0.25) is 5.02 Å². The molecule has 0 fully saturated rings. The molecule has 2 rings (SSSR count). The van der Waals surface area contributed by atoms with E-state index >= 15 is 0 Å². The number of benzene rings is 2. The van der Waals surface area contributed by atoms with Crippen LogP contribution in [0, 0.1) is 11.6 Å². The van der Waals surface area contributed by atoms with Gasteiger partial charge in [-0.1, -0.05) is 29.8 Å². The van der Waals surface area contributed by atoms with E-state index in [-0.39, 0.29) is 11.5 Å². The predicted molar refractivity (Wildman–Crippen MR) is 78.2 cm³/mol. The monoisotopic (exact) mass is 295 g/mol. The summed E-state index contributed by atoms with van der Waals surface area (Å²) in [5, 5.41) is 3.68. The first kappa shape index (κ1) is 14.9. The van der Waals surface area contributed by atoms with Gasteiger partial charge in [0.1, 0.15) is 11.6 Å². The zero-order valence-corrected chi connectivity index (χ0v) is 11.9. The summed E-state index contributed by atoms with van der Waals surface area (Å²) in [6, 6.07) is 11.3. The molecule has 2 aromatic carbocycles. The first-order chi connectivity index (χ1) is 9.61. The molecule has 1 atom stereocenters. The highest BCUT2D eigenvalue weighted by molar-refractivity contribution is 6.30. The topological polar surface area (TPSA) is 12.0 Å². The smallest absolute Gasteiger partial charge is 0.129 e. The first-order valence-corrected chi connectivity index (χ1v) is 6.82. The quantitative estimate of drug-likeness (QED) is 0.873. The minimum absolute atomic E-state index is 0.0369. The van der Waals surface area contributed by atoms with Crippen LogP contribution < -0.4 is 5.32 Å². The third-order valence-corrected chi connectivity index (χ3v) is 3.52. The van der Waals surface area contributed by atoms with E-state index in [4.69, 9.17) is 11.6 Å². The minimum Gasteiger partial charge on any atom is -0.319 e. The maximum Gasteiger partial charge on any atom is 0.129 e. The fourth-order valence-corrected chi connectivity index (χ4v) is 2.49. The summed E-state index contributed by atoms with van der Waals surface area (Å²) in [7, 11) is 1.81. The van der Waals surface area contributed by atoms with E-state index in [0.29, 0.717) is 18.0 Å². The highest BCUT2D eigenvalue weighted by Crippen LogP contribution is 2.25. The van der Waals surface area contributed by atoms with Gasteiger partial charge >= 0.3 is 0 Å². The van der Waals surface area contributed by atoms with E-state index in [0.717, 1.165) is 5.56 Å². The van der Waals surface area contributed by atoms with Gasteiger partial charge in [0, 0.05) is 23.0 Å². The van der Waals surface area contributed by atoms with Crippen LogP contribution in [0.1, 0.15) is 17.0 Å². The van der Waals surface area contributed by atoms with Crippen molar-refractivity contribution in [2.45, 2.75) is 12.3 Å². The van der Waals surface area contributed by atoms with Gasteiger partial charge in [-0.3, -0.25) is 0 Å². The fourth-order valence-electron chi connectivity index (χ4n) is 2.29. The Labute approximate surface area is 122 Å². The Hall–Kier alpha value is -1.45. The van der Waals surface area contributed by atoms with Crippen molar-refractivity contribution in [3.63, 3.8) is 0 Å². The number of hydrogen-bond donors (Lipinski definition) is 1. The van der Waals surface area contributed by atoms with Gasteiger partial charge in [0.2, 0.25) is 0 Å². The molecule has 106 valence electrons. The van der Waals surface area contributed by atoms with Gasteiger partial charge in [0.05, 0.1) is 0 Å². The maximum atomic E-state index is 13.8. The summed E-state index contributed by atoms with van der Waals surface area (Å²) in [5.74, 6) is -1.05. The molecule has 0 aliphatic rings. The minimum atomic E-state index is -0.506. The van der Waals surface area contributed by atoms with Crippen molar-refractivity contribution in [3.05, 3.63) is 70.2 Å². The average Bonchev–Trinajstić information content (AvgIpc) is 2.42. The summed E-state index contributed by atoms with van der Waals surface area (Å²) in [4.78, 5) is 0. The van der Waals surface area contributed by atoms with Crippen LogP contribution in [0.3, 0.4) is 0 Å². The zero-order valence-electron chi connectivity index (χ0n) is 11.2. The molecule has 0 radical (unpaired) electrons. The van der Waals surface area contributed by atoms with E-state index in [1.165, 1.54) is 18.2 Å². The van der Waals surface area contributed by atoms with Crippen LogP contribution >= 0.6 is 11.6 Å². The predicted octanol–water partition coefficient (Wildman–Crippen LogP) is 4.16. The van der Waals surface area contributed by atoms with Crippen molar-refractivity contribution in [2.24, 2.45) is 0 Å². The molecule has 0 spiro atoms. The van der Waals surface area contributed by atoms with Gasteiger partial charge in [-0.15, -0.1) is 0 Å². The molecule has 0 aliphatic heterocycles. The third kappa shape index (κ3) is 3.56. The Bertz CT molecular complexity index is 566. The van der Waals surface area contributed by atoms with Gasteiger partial charge < -0.3 is 5.32 Å². The molecule has 4 heteroatoms. The zero-order chi connectivity index (χ0) is 14.5. The second-order valence-electron chi connectivity index (χ2n) is 4.71. The molecule has 1 unspecified atom stereocenters. The van der Waals surface area contributed by atoms with Crippen LogP contribution in [-0.4, -0.2) is 13.6 Å². The van der Waals surface area contributed by atoms with E-state index in [9.17, 15) is 8.78 Å². The summed E-state index contributed by atoms with van der Waals surface area (Å²) < 4.78 is 27.5. The summed E-state index contributed by atoms with van der Waals surface area (Å²) in [6.45, 7) is 0.619. The van der Waals surface area contributed by atoms with Gasteiger partial charge in [-0.25, -0.2) is 8.78 Å². The molecule has 1 N–H and O–H groups in total. The second kappa shape index (κ2) is 6.82. The Kier molecular flexibility index (Phi) is 5.10. The number of halogens is 3. The molecule has 0 heterocycles. The molecule has 1 nitrogen and oxygen atoms in total. The maximum absolute atomic E-state index is 13.8. The van der Waals surface area contributed by atoms with Crippen LogP contribution in [0.25, 0.3) is 0 Å². The van der Waals surface area contributed by atoms with Crippen LogP contribution in [0.15, 0.2) is 42.5 Å². The number of likely N-dealkylation sites (N-methyl/N-ethyl adjacent to an activating group) is 1. The normalized spacial score (nSPS) is 12.4. The van der Waals surface area contributed by atoms with Crippen molar-refractivity contribution in [3.8, 4) is 0 Å². The lowest BCUT2D eigenvalue weighted by Crippen LogP contribution is -2.20. The first-order valence-electron chi connectivity index (χ1n) is 6.44. The molecule has 0 bridgehead atoms. The lowest BCUT2D eigenvalue weighted by Gasteiger charge is -2.18. The van der Waals surface area contributed by atoms with Crippen molar-refractivity contribution >= 4 is 11.6 Å². The van der Waals surface area contributed by atoms with Crippen LogP contribution in [0.4, 0.5) is 8.78 Å². The standard InChI is InChI=1S/C16H16ClF2N/c1-20-10-12(11-4-2-5-13(17)8-11)9-14-15(18)6-3-7-16(14)19/h2-8,12,20H,9-10H2,1H3. The van der Waals surface area contributed by atoms with Gasteiger partial charge in [0.15, 0.2) is 0 Å². The molecule has 0 aromatic heterocycles. The Morgan fingerprint density at radius 3 is 2.35 bits per heavy atom. The molecule has 0 amide bonds. The molecule has 2 aromatic rings. The van der Waals surface area contributed by atoms with Crippen molar-refractivity contribution < 1.29 is 8.78 Å². The van der Waals surface area contributed by atoms with Crippen molar-refractivity contribution in [1.82, 2.24) is 5.32 Å². The SMILES string of the molecule is CNCC(Cc1c(F)cccc1F)c1cccc(Cl)c1. The Morgan fingerprint density at radius 2 is 1.75 bits per heavy atom. The largest absolute Gasteiger partial charge is 0.319 e. The van der Waals surface area contributed by atoms with Gasteiger partial charge in [-0.05, 0) is 43.3 Å². The molecule has 0 aliphatic carbocycles. The van der Waals surface area contributed by atoms with Gasteiger partial charge in [0.25, 0.3) is 0 Å². The second-order valence-corrected chi connectivity index (χ2v) is 5.15. The van der Waals surface area contributed by atoms with E-state index < -0.39 is 11.6 Å².